The van der Waals surface area contributed by atoms with Gasteiger partial charge in [0.15, 0.2) is 0 Å². The summed E-state index contributed by atoms with van der Waals surface area (Å²) >= 11 is 0. The summed E-state index contributed by atoms with van der Waals surface area (Å²) in [5, 5.41) is 0. The molecule has 1 aliphatic carbocycles. The Hall–Kier alpha value is -0.860. The molecule has 1 aromatic carbocycles. The number of hydrogen-bond donors (Lipinski definition) is 0. The minimum Gasteiger partial charge on any atom is -0.373 e. The van der Waals surface area contributed by atoms with E-state index in [4.69, 9.17) is 9.47 Å². The average molecular weight is 373 g/mol. The third kappa shape index (κ3) is 6.32. The van der Waals surface area contributed by atoms with E-state index in [0.29, 0.717) is 12.7 Å². The highest BCUT2D eigenvalue weighted by Gasteiger charge is 2.25. The first-order valence-electron chi connectivity index (χ1n) is 11.6. The summed E-state index contributed by atoms with van der Waals surface area (Å²) < 4.78 is 12.1. The molecule has 0 aromatic heterocycles. The molecule has 1 aromatic rings. The lowest BCUT2D eigenvalue weighted by atomic mass is 9.77. The zero-order valence-corrected chi connectivity index (χ0v) is 17.6. The van der Waals surface area contributed by atoms with Gasteiger partial charge in [-0.2, -0.15) is 0 Å². The maximum absolute atomic E-state index is 6.09. The molecule has 2 unspecified atom stereocenters. The summed E-state index contributed by atoms with van der Waals surface area (Å²) in [5.74, 6) is 1.75. The zero-order chi connectivity index (χ0) is 18.9. The van der Waals surface area contributed by atoms with Crippen molar-refractivity contribution in [3.8, 4) is 0 Å². The first-order chi connectivity index (χ1) is 13.3. The maximum Gasteiger partial charge on any atom is 0.106 e. The molecule has 2 atom stereocenters. The van der Waals surface area contributed by atoms with E-state index in [1.165, 1.54) is 75.3 Å². The second-order valence-corrected chi connectivity index (χ2v) is 8.80. The van der Waals surface area contributed by atoms with Crippen LogP contribution in [0.4, 0.5) is 0 Å². The lowest BCUT2D eigenvalue weighted by Crippen LogP contribution is -2.31. The number of rotatable bonds is 9. The summed E-state index contributed by atoms with van der Waals surface area (Å²) in [4.78, 5) is 0. The van der Waals surface area contributed by atoms with Crippen molar-refractivity contribution >= 4 is 0 Å². The number of hydrogen-bond acceptors (Lipinski definition) is 2. The molecule has 0 amide bonds. The van der Waals surface area contributed by atoms with E-state index in [9.17, 15) is 0 Å². The van der Waals surface area contributed by atoms with Crippen LogP contribution in [0.25, 0.3) is 0 Å². The summed E-state index contributed by atoms with van der Waals surface area (Å²) in [5.41, 5.74) is 2.81. The van der Waals surface area contributed by atoms with E-state index in [1.807, 2.05) is 0 Å². The van der Waals surface area contributed by atoms with Gasteiger partial charge in [0.05, 0.1) is 19.3 Å². The normalized spacial score (nSPS) is 29.0. The molecule has 0 N–H and O–H groups in total. The lowest BCUT2D eigenvalue weighted by molar-refractivity contribution is -0.137. The van der Waals surface area contributed by atoms with Gasteiger partial charge in [0.25, 0.3) is 0 Å². The monoisotopic (exact) mass is 372 g/mol. The smallest absolute Gasteiger partial charge is 0.106 e. The Bertz CT molecular complexity index is 508. The van der Waals surface area contributed by atoms with Crippen LogP contribution in [0, 0.1) is 5.92 Å². The molecule has 0 radical (unpaired) electrons. The van der Waals surface area contributed by atoms with Crippen molar-refractivity contribution in [2.45, 2.75) is 103 Å². The molecule has 2 heteroatoms. The van der Waals surface area contributed by atoms with Crippen LogP contribution in [0.3, 0.4) is 0 Å². The Morgan fingerprint density at radius 2 is 1.44 bits per heavy atom. The van der Waals surface area contributed by atoms with Gasteiger partial charge >= 0.3 is 0 Å². The maximum atomic E-state index is 6.09. The van der Waals surface area contributed by atoms with Crippen molar-refractivity contribution in [2.24, 2.45) is 5.92 Å². The van der Waals surface area contributed by atoms with E-state index < -0.39 is 0 Å². The molecule has 3 rings (SSSR count). The fraction of sp³-hybridized carbons (Fsp3) is 0.760. The first kappa shape index (κ1) is 20.9. The number of ether oxygens (including phenoxy) is 2. The minimum absolute atomic E-state index is 0.117. The van der Waals surface area contributed by atoms with E-state index >= 15 is 0 Å². The van der Waals surface area contributed by atoms with E-state index in [2.05, 4.69) is 38.1 Å². The Kier molecular flexibility index (Phi) is 8.67. The molecular formula is C25H40O2. The van der Waals surface area contributed by atoms with E-state index in [1.54, 1.807) is 0 Å². The molecule has 152 valence electrons. The second-order valence-electron chi connectivity index (χ2n) is 8.80. The van der Waals surface area contributed by atoms with Gasteiger partial charge in [-0.25, -0.2) is 0 Å². The van der Waals surface area contributed by atoms with Gasteiger partial charge in [0, 0.05) is 0 Å². The molecule has 27 heavy (non-hydrogen) atoms. The molecule has 1 saturated heterocycles. The van der Waals surface area contributed by atoms with Crippen molar-refractivity contribution in [3.05, 3.63) is 35.4 Å². The van der Waals surface area contributed by atoms with Crippen LogP contribution < -0.4 is 0 Å². The predicted octanol–water partition coefficient (Wildman–Crippen LogP) is 7.19. The highest BCUT2D eigenvalue weighted by molar-refractivity contribution is 5.27. The van der Waals surface area contributed by atoms with Gasteiger partial charge in [-0.15, -0.1) is 0 Å². The van der Waals surface area contributed by atoms with Crippen LogP contribution in [0.5, 0.6) is 0 Å². The summed E-state index contributed by atoms with van der Waals surface area (Å²) in [6.07, 6.45) is 15.2. The molecule has 2 aliphatic rings. The fourth-order valence-electron chi connectivity index (χ4n) is 4.78. The van der Waals surface area contributed by atoms with Gasteiger partial charge in [-0.05, 0) is 55.1 Å². The topological polar surface area (TPSA) is 18.5 Å². The van der Waals surface area contributed by atoms with Gasteiger partial charge < -0.3 is 9.47 Å². The van der Waals surface area contributed by atoms with Crippen LogP contribution in [-0.2, 0) is 9.47 Å². The van der Waals surface area contributed by atoms with E-state index in [0.717, 1.165) is 24.9 Å². The molecule has 1 saturated carbocycles. The van der Waals surface area contributed by atoms with Gasteiger partial charge in [-0.1, -0.05) is 76.6 Å². The summed E-state index contributed by atoms with van der Waals surface area (Å²) in [7, 11) is 0. The summed E-state index contributed by atoms with van der Waals surface area (Å²) in [6, 6.07) is 9.26. The predicted molar refractivity (Wildman–Crippen MR) is 113 cm³/mol. The zero-order valence-electron chi connectivity index (χ0n) is 17.6. The molecule has 2 fully saturated rings. The first-order valence-corrected chi connectivity index (χ1v) is 11.6. The molecule has 2 nitrogen and oxygen atoms in total. The molecule has 1 heterocycles. The highest BCUT2D eigenvalue weighted by atomic mass is 16.6. The molecule has 0 bridgehead atoms. The van der Waals surface area contributed by atoms with Crippen LogP contribution in [0.15, 0.2) is 24.3 Å². The third-order valence-corrected chi connectivity index (χ3v) is 6.69. The quantitative estimate of drug-likeness (QED) is 0.427. The van der Waals surface area contributed by atoms with Crippen molar-refractivity contribution in [2.75, 3.05) is 13.2 Å². The lowest BCUT2D eigenvalue weighted by Gasteiger charge is -2.31. The largest absolute Gasteiger partial charge is 0.373 e. The summed E-state index contributed by atoms with van der Waals surface area (Å²) in [6.45, 7) is 5.98. The van der Waals surface area contributed by atoms with Crippen molar-refractivity contribution in [3.63, 3.8) is 0 Å². The van der Waals surface area contributed by atoms with Gasteiger partial charge in [0.1, 0.15) is 6.10 Å². The van der Waals surface area contributed by atoms with Crippen LogP contribution in [-0.4, -0.2) is 19.3 Å². The standard InChI is InChI=1S/C25H40O2/c1-3-5-7-8-20-10-12-21(13-11-20)22-14-16-23(17-15-22)25-19-26-24(18-27-25)9-6-4-2/h14-17,20-21,24-25H,3-13,18-19H2,1-2H3. The third-order valence-electron chi connectivity index (χ3n) is 6.69. The molecular weight excluding hydrogens is 332 g/mol. The highest BCUT2D eigenvalue weighted by Crippen LogP contribution is 2.38. The Labute approximate surface area is 167 Å². The second kappa shape index (κ2) is 11.2. The number of unbranched alkanes of at least 4 members (excludes halogenated alkanes) is 3. The fourth-order valence-corrected chi connectivity index (χ4v) is 4.78. The van der Waals surface area contributed by atoms with Crippen molar-refractivity contribution in [1.29, 1.82) is 0 Å². The van der Waals surface area contributed by atoms with Crippen molar-refractivity contribution < 1.29 is 9.47 Å². The van der Waals surface area contributed by atoms with Crippen molar-refractivity contribution in [1.82, 2.24) is 0 Å². The minimum atomic E-state index is 0.117. The molecule has 1 aliphatic heterocycles. The Balaban J connectivity index is 1.43. The van der Waals surface area contributed by atoms with Gasteiger partial charge in [0.2, 0.25) is 0 Å². The van der Waals surface area contributed by atoms with E-state index in [-0.39, 0.29) is 6.10 Å². The SMILES string of the molecule is CCCCCC1CCC(c2ccc(C3COC(CCCC)CO3)cc2)CC1. The van der Waals surface area contributed by atoms with Crippen LogP contribution in [0.1, 0.15) is 108 Å². The van der Waals surface area contributed by atoms with Gasteiger partial charge in [-0.3, -0.25) is 0 Å². The van der Waals surface area contributed by atoms with Crippen LogP contribution >= 0.6 is 0 Å². The van der Waals surface area contributed by atoms with Crippen LogP contribution in [0.2, 0.25) is 0 Å². The Morgan fingerprint density at radius 1 is 0.741 bits per heavy atom. The Morgan fingerprint density at radius 3 is 2.07 bits per heavy atom. The number of benzene rings is 1. The molecule has 0 spiro atoms. The average Bonchev–Trinajstić information content (AvgIpc) is 2.73.